The summed E-state index contributed by atoms with van der Waals surface area (Å²) in [5.74, 6) is -0.657. The van der Waals surface area contributed by atoms with E-state index in [1.807, 2.05) is 32.9 Å². The molecule has 5 atom stereocenters. The van der Waals surface area contributed by atoms with Crippen LogP contribution < -0.4 is 5.32 Å². The van der Waals surface area contributed by atoms with Gasteiger partial charge in [-0.05, 0) is 53.7 Å². The second-order valence-electron chi connectivity index (χ2n) is 10.6. The fraction of sp³-hybridized carbons (Fsp3) is 0.520. The van der Waals surface area contributed by atoms with E-state index in [0.717, 1.165) is 5.56 Å². The van der Waals surface area contributed by atoms with Crippen molar-refractivity contribution < 1.29 is 32.1 Å². The minimum absolute atomic E-state index is 0.0185. The normalized spacial score (nSPS) is 25.3. The van der Waals surface area contributed by atoms with Crippen LogP contribution in [0.5, 0.6) is 0 Å². The van der Waals surface area contributed by atoms with Gasteiger partial charge in [-0.15, -0.1) is 0 Å². The van der Waals surface area contributed by atoms with E-state index in [0.29, 0.717) is 16.1 Å². The molecule has 2 saturated heterocycles. The second kappa shape index (κ2) is 9.97. The maximum absolute atomic E-state index is 12.7. The van der Waals surface area contributed by atoms with Gasteiger partial charge in [0.15, 0.2) is 40.1 Å². The van der Waals surface area contributed by atoms with Crippen molar-refractivity contribution in [1.29, 1.82) is 0 Å². The Morgan fingerprint density at radius 1 is 1.13 bits per heavy atom. The number of nitrogens with zero attached hydrogens (tertiary/aromatic N) is 4. The van der Waals surface area contributed by atoms with Crippen molar-refractivity contribution in [2.75, 3.05) is 11.9 Å². The third kappa shape index (κ3) is 5.57. The molecule has 0 radical (unpaired) electrons. The average Bonchev–Trinajstić information content (AvgIpc) is 3.48. The number of carbonyl (C=O) groups is 1. The topological polar surface area (TPSA) is 136 Å². The number of carbonyl (C=O) groups excluding carboxylic acids is 1. The lowest BCUT2D eigenvalue weighted by Crippen LogP contribution is -2.33. The van der Waals surface area contributed by atoms with Crippen molar-refractivity contribution in [2.45, 2.75) is 82.4 Å². The quantitative estimate of drug-likeness (QED) is 0.489. The van der Waals surface area contributed by atoms with Gasteiger partial charge in [0.2, 0.25) is 0 Å². The van der Waals surface area contributed by atoms with Crippen LogP contribution in [-0.2, 0) is 34.2 Å². The van der Waals surface area contributed by atoms with Crippen molar-refractivity contribution in [3.05, 3.63) is 42.5 Å². The minimum atomic E-state index is -1.67. The van der Waals surface area contributed by atoms with Gasteiger partial charge in [0.05, 0.1) is 17.8 Å². The molecule has 1 amide bonds. The number of amides is 1. The Morgan fingerprint density at radius 2 is 1.84 bits per heavy atom. The number of rotatable bonds is 6. The zero-order valence-corrected chi connectivity index (χ0v) is 22.9. The Hall–Kier alpha value is -2.97. The third-order valence-electron chi connectivity index (χ3n) is 5.93. The molecule has 2 aromatic heterocycles. The Balaban J connectivity index is 1.36. The molecule has 2 aliphatic heterocycles. The molecule has 0 spiro atoms. The number of fused-ring (bicyclic) bond motifs is 2. The first kappa shape index (κ1) is 26.6. The molecular weight excluding hydrogens is 514 g/mol. The van der Waals surface area contributed by atoms with Crippen LogP contribution in [0.25, 0.3) is 11.2 Å². The lowest BCUT2D eigenvalue weighted by atomic mass is 10.1. The number of hydrogen-bond acceptors (Lipinski definition) is 10. The second-order valence-corrected chi connectivity index (χ2v) is 11.8. The van der Waals surface area contributed by atoms with E-state index in [9.17, 15) is 9.00 Å². The lowest BCUT2D eigenvalue weighted by molar-refractivity contribution is -0.198. The summed E-state index contributed by atoms with van der Waals surface area (Å²) < 4.78 is 44.1. The predicted molar refractivity (Wildman–Crippen MR) is 136 cm³/mol. The number of benzene rings is 1. The molecule has 5 rings (SSSR count). The van der Waals surface area contributed by atoms with Crippen LogP contribution >= 0.6 is 0 Å². The van der Waals surface area contributed by atoms with Crippen LogP contribution in [0.2, 0.25) is 0 Å². The molecule has 204 valence electrons. The summed E-state index contributed by atoms with van der Waals surface area (Å²) >= 11 is -1.67. The predicted octanol–water partition coefficient (Wildman–Crippen LogP) is 3.64. The number of hydrogen-bond donors (Lipinski definition) is 1. The van der Waals surface area contributed by atoms with Crippen molar-refractivity contribution in [2.24, 2.45) is 0 Å². The van der Waals surface area contributed by atoms with Gasteiger partial charge < -0.3 is 18.9 Å². The first-order chi connectivity index (χ1) is 17.9. The summed E-state index contributed by atoms with van der Waals surface area (Å²) in [6.07, 6.45) is -0.0239. The van der Waals surface area contributed by atoms with Crippen LogP contribution in [0.3, 0.4) is 0 Å². The summed E-state index contributed by atoms with van der Waals surface area (Å²) in [4.78, 5) is 25.8. The Kier molecular flexibility index (Phi) is 6.99. The van der Waals surface area contributed by atoms with Crippen LogP contribution in [-0.4, -0.2) is 66.1 Å². The lowest BCUT2D eigenvalue weighted by Gasteiger charge is -2.24. The number of aryl methyl sites for hydroxylation is 1. The molecule has 1 aromatic carbocycles. The van der Waals surface area contributed by atoms with Crippen molar-refractivity contribution >= 4 is 34.2 Å². The summed E-state index contributed by atoms with van der Waals surface area (Å²) in [5.41, 5.74) is 1.18. The van der Waals surface area contributed by atoms with Crippen molar-refractivity contribution in [1.82, 2.24) is 19.5 Å². The van der Waals surface area contributed by atoms with Gasteiger partial charge in [0.1, 0.15) is 30.2 Å². The van der Waals surface area contributed by atoms with Gasteiger partial charge in [0, 0.05) is 0 Å². The zero-order valence-electron chi connectivity index (χ0n) is 22.0. The van der Waals surface area contributed by atoms with Gasteiger partial charge in [-0.25, -0.2) is 24.0 Å². The van der Waals surface area contributed by atoms with E-state index in [2.05, 4.69) is 20.3 Å². The first-order valence-corrected chi connectivity index (χ1v) is 13.3. The summed E-state index contributed by atoms with van der Waals surface area (Å²) in [7, 11) is 0. The van der Waals surface area contributed by atoms with E-state index >= 15 is 0 Å². The Bertz CT molecular complexity index is 1350. The van der Waals surface area contributed by atoms with E-state index in [4.69, 9.17) is 23.1 Å². The SMILES string of the molecule is Cc1ccc([S@](=O)OC[C@H]2O[C@@H](n3cnc4c(NC(=O)OC(C)(C)C)ncnc43)[C@@H]3OC(C)(C)O[C@@H]32)cc1. The maximum Gasteiger partial charge on any atom is 0.413 e. The zero-order chi connectivity index (χ0) is 27.2. The van der Waals surface area contributed by atoms with Gasteiger partial charge in [-0.1, -0.05) is 17.7 Å². The molecule has 4 heterocycles. The molecular formula is C25H31N5O7S. The largest absolute Gasteiger partial charge is 0.444 e. The monoisotopic (exact) mass is 545 g/mol. The first-order valence-electron chi connectivity index (χ1n) is 12.2. The van der Waals surface area contributed by atoms with Gasteiger partial charge in [0.25, 0.3) is 0 Å². The molecule has 13 heteroatoms. The number of imidazole rings is 1. The maximum atomic E-state index is 12.7. The van der Waals surface area contributed by atoms with Crippen LogP contribution in [0.1, 0.15) is 46.4 Å². The van der Waals surface area contributed by atoms with E-state index < -0.39 is 53.1 Å². The molecule has 12 nitrogen and oxygen atoms in total. The Labute approximate surface area is 222 Å². The van der Waals surface area contributed by atoms with Gasteiger partial charge >= 0.3 is 6.09 Å². The molecule has 0 aliphatic carbocycles. The standard InChI is InChI=1S/C25H31N5O7S/c1-14-7-9-15(10-8-14)38(32)33-11-16-18-19(36-25(5,6)35-18)22(34-16)30-13-28-17-20(26-12-27-21(17)30)29-23(31)37-24(2,3)4/h7-10,12-13,16,18-19,22H,11H2,1-6H3,(H,26,27,29,31)/t16-,18-,19-,22-,38-/m1/s1. The van der Waals surface area contributed by atoms with E-state index in [1.165, 1.54) is 6.33 Å². The summed E-state index contributed by atoms with van der Waals surface area (Å²) in [6, 6.07) is 7.29. The fourth-order valence-corrected chi connectivity index (χ4v) is 5.15. The third-order valence-corrected chi connectivity index (χ3v) is 6.94. The fourth-order valence-electron chi connectivity index (χ4n) is 4.39. The number of aromatic nitrogens is 4. The highest BCUT2D eigenvalue weighted by molar-refractivity contribution is 7.80. The number of nitrogens with one attached hydrogen (secondary N) is 1. The van der Waals surface area contributed by atoms with Crippen molar-refractivity contribution in [3.63, 3.8) is 0 Å². The molecule has 2 fully saturated rings. The van der Waals surface area contributed by atoms with E-state index in [1.54, 1.807) is 43.8 Å². The highest BCUT2D eigenvalue weighted by atomic mass is 32.2. The van der Waals surface area contributed by atoms with Crippen LogP contribution in [0, 0.1) is 6.92 Å². The number of ether oxygens (including phenoxy) is 4. The summed E-state index contributed by atoms with van der Waals surface area (Å²) in [6.45, 7) is 10.9. The highest BCUT2D eigenvalue weighted by Crippen LogP contribution is 2.44. The highest BCUT2D eigenvalue weighted by Gasteiger charge is 2.56. The number of anilines is 1. The molecule has 0 bridgehead atoms. The Morgan fingerprint density at radius 3 is 2.55 bits per heavy atom. The molecule has 38 heavy (non-hydrogen) atoms. The van der Waals surface area contributed by atoms with E-state index in [-0.39, 0.29) is 12.4 Å². The molecule has 2 aliphatic rings. The molecule has 1 N–H and O–H groups in total. The minimum Gasteiger partial charge on any atom is -0.444 e. The average molecular weight is 546 g/mol. The van der Waals surface area contributed by atoms with Gasteiger partial charge in [-0.2, -0.15) is 0 Å². The smallest absolute Gasteiger partial charge is 0.413 e. The molecule has 0 unspecified atom stereocenters. The summed E-state index contributed by atoms with van der Waals surface area (Å²) in [5, 5.41) is 2.63. The van der Waals surface area contributed by atoms with Crippen LogP contribution in [0.4, 0.5) is 10.6 Å². The van der Waals surface area contributed by atoms with Crippen LogP contribution in [0.15, 0.2) is 41.8 Å². The van der Waals surface area contributed by atoms with Crippen molar-refractivity contribution in [3.8, 4) is 0 Å². The molecule has 3 aromatic rings. The molecule has 0 saturated carbocycles. The van der Waals surface area contributed by atoms with Gasteiger partial charge in [-0.3, -0.25) is 14.1 Å².